The zero-order valence-corrected chi connectivity index (χ0v) is 12.2. The van der Waals surface area contributed by atoms with Gasteiger partial charge in [0.2, 0.25) is 0 Å². The molecular formula is C16H24N2O3. The van der Waals surface area contributed by atoms with E-state index in [4.69, 9.17) is 16.2 Å². The third-order valence-electron chi connectivity index (χ3n) is 2.41. The summed E-state index contributed by atoms with van der Waals surface area (Å²) in [6, 6.07) is 0. The average Bonchev–Trinajstić information content (AvgIpc) is 2.48. The van der Waals surface area contributed by atoms with Crippen LogP contribution in [0.4, 0.5) is 0 Å². The average molecular weight is 292 g/mol. The maximum Gasteiger partial charge on any atom is 0.137 e. The van der Waals surface area contributed by atoms with Crippen LogP contribution in [0.3, 0.4) is 0 Å². The van der Waals surface area contributed by atoms with Crippen molar-refractivity contribution >= 4 is 0 Å². The highest BCUT2D eigenvalue weighted by molar-refractivity contribution is 5.25. The Morgan fingerprint density at radius 2 is 1.76 bits per heavy atom. The second kappa shape index (κ2) is 11.4. The van der Waals surface area contributed by atoms with Crippen LogP contribution in [0.2, 0.25) is 0 Å². The first-order valence-electron chi connectivity index (χ1n) is 6.56. The molecule has 116 valence electrons. The van der Waals surface area contributed by atoms with Gasteiger partial charge in [-0.25, -0.2) is 0 Å². The van der Waals surface area contributed by atoms with E-state index in [2.05, 4.69) is 13.2 Å². The van der Waals surface area contributed by atoms with Crippen molar-refractivity contribution in [3.63, 3.8) is 0 Å². The number of nitrogens with two attached hydrogens (primary N) is 2. The molecular weight excluding hydrogens is 268 g/mol. The Balaban J connectivity index is 3.86. The lowest BCUT2D eigenvalue weighted by atomic mass is 10.3. The molecule has 5 heteroatoms. The zero-order chi connectivity index (χ0) is 16.1. The molecule has 6 N–H and O–H groups in total. The molecule has 0 aromatic rings. The molecule has 0 aliphatic heterocycles. The monoisotopic (exact) mass is 292 g/mol. The predicted octanol–water partition coefficient (Wildman–Crippen LogP) is 2.72. The van der Waals surface area contributed by atoms with Gasteiger partial charge in [-0.05, 0) is 37.1 Å². The third-order valence-corrected chi connectivity index (χ3v) is 2.41. The third kappa shape index (κ3) is 9.18. The SMILES string of the molecule is C=C/C=C(N)\C(O)=C/CCOCC/C=C\C(N)=C(\O)C=C. The Bertz CT molecular complexity index is 460. The number of aliphatic hydroxyl groups excluding tert-OH is 2. The van der Waals surface area contributed by atoms with E-state index >= 15 is 0 Å². The first-order chi connectivity index (χ1) is 10.0. The largest absolute Gasteiger partial charge is 0.506 e. The van der Waals surface area contributed by atoms with Crippen LogP contribution in [0.15, 0.2) is 72.5 Å². The highest BCUT2D eigenvalue weighted by atomic mass is 16.5. The van der Waals surface area contributed by atoms with E-state index in [1.54, 1.807) is 18.2 Å². The lowest BCUT2D eigenvalue weighted by Gasteiger charge is -2.01. The highest BCUT2D eigenvalue weighted by Gasteiger charge is 1.95. The van der Waals surface area contributed by atoms with E-state index in [0.29, 0.717) is 26.1 Å². The number of rotatable bonds is 10. The minimum Gasteiger partial charge on any atom is -0.506 e. The van der Waals surface area contributed by atoms with E-state index in [1.165, 1.54) is 18.2 Å². The summed E-state index contributed by atoms with van der Waals surface area (Å²) in [5.41, 5.74) is 11.6. The van der Waals surface area contributed by atoms with Crippen molar-refractivity contribution in [3.8, 4) is 0 Å². The van der Waals surface area contributed by atoms with E-state index < -0.39 is 0 Å². The smallest absolute Gasteiger partial charge is 0.137 e. The first-order valence-corrected chi connectivity index (χ1v) is 6.56. The summed E-state index contributed by atoms with van der Waals surface area (Å²) in [5.74, 6) is -0.0193. The standard InChI is InChI=1S/C16H24N2O3/c1-3-8-13(17)16(20)10-7-12-21-11-6-5-9-14(18)15(19)4-2/h3-5,8-10,19-20H,1-2,6-7,11-12,17-18H2/b9-5-,13-8+,15-14-,16-10+. The number of ether oxygens (including phenoxy) is 1. The van der Waals surface area contributed by atoms with Crippen LogP contribution in [-0.4, -0.2) is 23.4 Å². The fourth-order valence-corrected chi connectivity index (χ4v) is 1.28. The van der Waals surface area contributed by atoms with Crippen LogP contribution in [-0.2, 0) is 4.74 Å². The predicted molar refractivity (Wildman–Crippen MR) is 86.4 cm³/mol. The van der Waals surface area contributed by atoms with Crippen molar-refractivity contribution in [2.45, 2.75) is 12.8 Å². The normalized spacial score (nSPS) is 14.1. The van der Waals surface area contributed by atoms with Gasteiger partial charge in [-0.15, -0.1) is 0 Å². The fourth-order valence-electron chi connectivity index (χ4n) is 1.28. The van der Waals surface area contributed by atoms with Crippen molar-refractivity contribution in [1.82, 2.24) is 0 Å². The summed E-state index contributed by atoms with van der Waals surface area (Å²) >= 11 is 0. The molecule has 0 saturated heterocycles. The Kier molecular flexibility index (Phi) is 10.1. The van der Waals surface area contributed by atoms with Crippen LogP contribution < -0.4 is 11.5 Å². The molecule has 0 aromatic carbocycles. The Morgan fingerprint density at radius 3 is 2.38 bits per heavy atom. The van der Waals surface area contributed by atoms with Crippen LogP contribution in [0.5, 0.6) is 0 Å². The maximum absolute atomic E-state index is 9.53. The second-order valence-corrected chi connectivity index (χ2v) is 4.08. The van der Waals surface area contributed by atoms with Crippen molar-refractivity contribution in [2.75, 3.05) is 13.2 Å². The molecule has 0 amide bonds. The van der Waals surface area contributed by atoms with Gasteiger partial charge < -0.3 is 26.4 Å². The number of hydrogen-bond donors (Lipinski definition) is 4. The topological polar surface area (TPSA) is 102 Å². The van der Waals surface area contributed by atoms with Crippen LogP contribution in [0.25, 0.3) is 0 Å². The molecule has 0 atom stereocenters. The van der Waals surface area contributed by atoms with E-state index in [-0.39, 0.29) is 22.9 Å². The van der Waals surface area contributed by atoms with Gasteiger partial charge in [0.1, 0.15) is 11.5 Å². The molecule has 0 heterocycles. The van der Waals surface area contributed by atoms with Gasteiger partial charge in [0.25, 0.3) is 0 Å². The van der Waals surface area contributed by atoms with Gasteiger partial charge >= 0.3 is 0 Å². The molecule has 5 nitrogen and oxygen atoms in total. The van der Waals surface area contributed by atoms with E-state index in [9.17, 15) is 10.2 Å². The first kappa shape index (κ1) is 18.6. The second-order valence-electron chi connectivity index (χ2n) is 4.08. The molecule has 0 aromatic heterocycles. The van der Waals surface area contributed by atoms with Crippen molar-refractivity contribution in [2.24, 2.45) is 11.5 Å². The fraction of sp³-hybridized carbons (Fsp3) is 0.250. The van der Waals surface area contributed by atoms with Gasteiger partial charge in [-0.3, -0.25) is 0 Å². The molecule has 21 heavy (non-hydrogen) atoms. The lowest BCUT2D eigenvalue weighted by Crippen LogP contribution is -2.01. The van der Waals surface area contributed by atoms with Gasteiger partial charge in [-0.2, -0.15) is 0 Å². The maximum atomic E-state index is 9.53. The lowest BCUT2D eigenvalue weighted by molar-refractivity contribution is 0.143. The molecule has 0 aliphatic carbocycles. The van der Waals surface area contributed by atoms with Crippen LogP contribution >= 0.6 is 0 Å². The molecule has 0 aliphatic rings. The Hall–Kier alpha value is -2.40. The summed E-state index contributed by atoms with van der Waals surface area (Å²) in [6.45, 7) is 7.89. The van der Waals surface area contributed by atoms with Crippen molar-refractivity contribution in [3.05, 3.63) is 72.5 Å². The van der Waals surface area contributed by atoms with Crippen LogP contribution in [0, 0.1) is 0 Å². The Morgan fingerprint density at radius 1 is 1.10 bits per heavy atom. The Labute approximate surface area is 125 Å². The van der Waals surface area contributed by atoms with Gasteiger partial charge in [-0.1, -0.05) is 25.3 Å². The van der Waals surface area contributed by atoms with E-state index in [0.717, 1.165) is 0 Å². The number of allylic oxidation sites excluding steroid dienone is 4. The summed E-state index contributed by atoms with van der Waals surface area (Å²) in [7, 11) is 0. The molecule has 0 saturated carbocycles. The van der Waals surface area contributed by atoms with Crippen molar-refractivity contribution in [1.29, 1.82) is 0 Å². The number of hydrogen-bond acceptors (Lipinski definition) is 5. The molecule has 0 bridgehead atoms. The van der Waals surface area contributed by atoms with E-state index in [1.807, 2.05) is 0 Å². The van der Waals surface area contributed by atoms with Crippen LogP contribution in [0.1, 0.15) is 12.8 Å². The zero-order valence-electron chi connectivity index (χ0n) is 12.2. The minimum atomic E-state index is -0.0436. The minimum absolute atomic E-state index is 0.0243. The molecule has 0 radical (unpaired) electrons. The summed E-state index contributed by atoms with van der Waals surface area (Å²) < 4.78 is 5.37. The summed E-state index contributed by atoms with van der Waals surface area (Å²) in [6.07, 6.45) is 10.5. The quantitative estimate of drug-likeness (QED) is 0.282. The molecule has 0 spiro atoms. The summed E-state index contributed by atoms with van der Waals surface area (Å²) in [4.78, 5) is 0. The highest BCUT2D eigenvalue weighted by Crippen LogP contribution is 2.02. The molecule has 0 rings (SSSR count). The molecule has 0 unspecified atom stereocenters. The number of aliphatic hydroxyl groups is 2. The van der Waals surface area contributed by atoms with Gasteiger partial charge in [0.05, 0.1) is 24.6 Å². The molecule has 0 fully saturated rings. The van der Waals surface area contributed by atoms with Gasteiger partial charge in [0.15, 0.2) is 0 Å². The van der Waals surface area contributed by atoms with Crippen molar-refractivity contribution < 1.29 is 14.9 Å². The van der Waals surface area contributed by atoms with Gasteiger partial charge in [0, 0.05) is 0 Å². The summed E-state index contributed by atoms with van der Waals surface area (Å²) in [5, 5.41) is 18.8.